The van der Waals surface area contributed by atoms with E-state index in [0.717, 1.165) is 10.7 Å². The van der Waals surface area contributed by atoms with Gasteiger partial charge in [-0.2, -0.15) is 0 Å². The number of imide groups is 1. The Bertz CT molecular complexity index is 642. The van der Waals surface area contributed by atoms with Crippen LogP contribution < -0.4 is 10.6 Å². The summed E-state index contributed by atoms with van der Waals surface area (Å²) in [7, 11) is 1.47. The number of amides is 3. The molecule has 0 saturated heterocycles. The molecule has 22 heavy (non-hydrogen) atoms. The molecule has 6 nitrogen and oxygen atoms in total. The monoisotopic (exact) mass is 318 g/mol. The molecule has 1 aromatic heterocycles. The third kappa shape index (κ3) is 4.36. The number of rotatable bonds is 5. The van der Waals surface area contributed by atoms with E-state index in [1.54, 1.807) is 13.1 Å². The SMILES string of the molecule is CNC(=O)NC(=O)[C@H](C)Sc1nccn1Cc1ccccc1. The zero-order valence-electron chi connectivity index (χ0n) is 12.4. The van der Waals surface area contributed by atoms with E-state index in [9.17, 15) is 9.59 Å². The summed E-state index contributed by atoms with van der Waals surface area (Å²) in [6.45, 7) is 2.43. The van der Waals surface area contributed by atoms with E-state index in [2.05, 4.69) is 15.6 Å². The van der Waals surface area contributed by atoms with Crippen LogP contribution in [0.3, 0.4) is 0 Å². The van der Waals surface area contributed by atoms with Gasteiger partial charge in [0, 0.05) is 26.0 Å². The number of hydrogen-bond acceptors (Lipinski definition) is 4. The number of nitrogens with zero attached hydrogens (tertiary/aromatic N) is 2. The number of benzene rings is 1. The van der Waals surface area contributed by atoms with Crippen LogP contribution in [0, 0.1) is 0 Å². The van der Waals surface area contributed by atoms with Crippen molar-refractivity contribution in [3.05, 3.63) is 48.3 Å². The minimum atomic E-state index is -0.509. The first kappa shape index (κ1) is 16.1. The Hall–Kier alpha value is -2.28. The first-order valence-electron chi connectivity index (χ1n) is 6.84. The molecule has 2 rings (SSSR count). The Balaban J connectivity index is 2.00. The molecule has 0 aliphatic rings. The molecule has 7 heteroatoms. The van der Waals surface area contributed by atoms with Crippen LogP contribution >= 0.6 is 11.8 Å². The van der Waals surface area contributed by atoms with Gasteiger partial charge in [0.15, 0.2) is 5.16 Å². The molecule has 0 radical (unpaired) electrons. The van der Waals surface area contributed by atoms with E-state index in [0.29, 0.717) is 6.54 Å². The summed E-state index contributed by atoms with van der Waals surface area (Å²) in [5, 5.41) is 4.93. The number of aromatic nitrogens is 2. The van der Waals surface area contributed by atoms with Gasteiger partial charge in [0.05, 0.1) is 5.25 Å². The normalized spacial score (nSPS) is 11.7. The van der Waals surface area contributed by atoms with Gasteiger partial charge in [0.1, 0.15) is 0 Å². The molecule has 116 valence electrons. The molecular weight excluding hydrogens is 300 g/mol. The summed E-state index contributed by atoms with van der Waals surface area (Å²) in [6.07, 6.45) is 3.58. The van der Waals surface area contributed by atoms with Crippen LogP contribution in [-0.2, 0) is 11.3 Å². The lowest BCUT2D eigenvalue weighted by molar-refractivity contribution is -0.119. The lowest BCUT2D eigenvalue weighted by atomic mass is 10.2. The van der Waals surface area contributed by atoms with Gasteiger partial charge >= 0.3 is 6.03 Å². The molecule has 0 aliphatic carbocycles. The van der Waals surface area contributed by atoms with Crippen LogP contribution in [0.25, 0.3) is 0 Å². The minimum Gasteiger partial charge on any atom is -0.341 e. The lowest BCUT2D eigenvalue weighted by Gasteiger charge is -2.12. The quantitative estimate of drug-likeness (QED) is 0.825. The molecule has 0 saturated carbocycles. The lowest BCUT2D eigenvalue weighted by Crippen LogP contribution is -2.41. The fourth-order valence-corrected chi connectivity index (χ4v) is 2.67. The zero-order valence-corrected chi connectivity index (χ0v) is 13.3. The van der Waals surface area contributed by atoms with E-state index in [-0.39, 0.29) is 5.91 Å². The van der Waals surface area contributed by atoms with Crippen molar-refractivity contribution in [1.82, 2.24) is 20.2 Å². The highest BCUT2D eigenvalue weighted by molar-refractivity contribution is 8.00. The predicted molar refractivity (Wildman–Crippen MR) is 85.7 cm³/mol. The third-order valence-corrected chi connectivity index (χ3v) is 4.11. The summed E-state index contributed by atoms with van der Waals surface area (Å²) in [5.74, 6) is -0.349. The average molecular weight is 318 g/mol. The van der Waals surface area contributed by atoms with Crippen molar-refractivity contribution >= 4 is 23.7 Å². The molecule has 0 spiro atoms. The Morgan fingerprint density at radius 1 is 1.32 bits per heavy atom. The predicted octanol–water partition coefficient (Wildman–Crippen LogP) is 1.87. The second-order valence-corrected chi connectivity index (χ2v) is 5.96. The standard InChI is InChI=1S/C15H18N4O2S/c1-11(13(20)18-14(21)16-2)22-15-17-8-9-19(15)10-12-6-4-3-5-7-12/h3-9,11H,10H2,1-2H3,(H2,16,18,20,21)/t11-/m0/s1. The number of urea groups is 1. The molecule has 1 heterocycles. The maximum absolute atomic E-state index is 11.9. The second-order valence-electron chi connectivity index (χ2n) is 4.65. The number of nitrogens with one attached hydrogen (secondary N) is 2. The Morgan fingerprint density at radius 2 is 2.05 bits per heavy atom. The van der Waals surface area contributed by atoms with Gasteiger partial charge in [0.2, 0.25) is 5.91 Å². The summed E-state index contributed by atoms with van der Waals surface area (Å²) in [6, 6.07) is 9.51. The fourth-order valence-electron chi connectivity index (χ4n) is 1.80. The third-order valence-electron chi connectivity index (χ3n) is 2.99. The second kappa shape index (κ2) is 7.65. The molecule has 2 aromatic rings. The van der Waals surface area contributed by atoms with Gasteiger partial charge in [-0.1, -0.05) is 42.1 Å². The van der Waals surface area contributed by atoms with Crippen molar-refractivity contribution < 1.29 is 9.59 Å². The van der Waals surface area contributed by atoms with Gasteiger partial charge in [-0.3, -0.25) is 10.1 Å². The Kier molecular flexibility index (Phi) is 5.60. The van der Waals surface area contributed by atoms with Crippen molar-refractivity contribution in [1.29, 1.82) is 0 Å². The first-order chi connectivity index (χ1) is 10.6. The van der Waals surface area contributed by atoms with Crippen LogP contribution in [0.1, 0.15) is 12.5 Å². The van der Waals surface area contributed by atoms with Crippen molar-refractivity contribution in [2.24, 2.45) is 0 Å². The minimum absolute atomic E-state index is 0.349. The smallest absolute Gasteiger partial charge is 0.321 e. The van der Waals surface area contributed by atoms with Crippen LogP contribution in [0.2, 0.25) is 0 Å². The number of imidazole rings is 1. The molecule has 0 fully saturated rings. The Morgan fingerprint density at radius 3 is 2.73 bits per heavy atom. The van der Waals surface area contributed by atoms with Gasteiger partial charge < -0.3 is 9.88 Å². The van der Waals surface area contributed by atoms with Gasteiger partial charge in [-0.25, -0.2) is 9.78 Å². The molecule has 3 amide bonds. The van der Waals surface area contributed by atoms with Gasteiger partial charge in [0.25, 0.3) is 0 Å². The summed E-state index contributed by atoms with van der Waals surface area (Å²) in [5.41, 5.74) is 1.16. The fraction of sp³-hybridized carbons (Fsp3) is 0.267. The largest absolute Gasteiger partial charge is 0.341 e. The number of thioether (sulfide) groups is 1. The highest BCUT2D eigenvalue weighted by Crippen LogP contribution is 2.22. The van der Waals surface area contributed by atoms with E-state index >= 15 is 0 Å². The molecule has 1 atom stereocenters. The average Bonchev–Trinajstić information content (AvgIpc) is 2.95. The number of carbonyl (C=O) groups excluding carboxylic acids is 2. The molecule has 0 unspecified atom stereocenters. The molecule has 0 bridgehead atoms. The molecule has 2 N–H and O–H groups in total. The van der Waals surface area contributed by atoms with E-state index < -0.39 is 11.3 Å². The van der Waals surface area contributed by atoms with Crippen molar-refractivity contribution in [2.45, 2.75) is 23.9 Å². The van der Waals surface area contributed by atoms with Crippen molar-refractivity contribution in [2.75, 3.05) is 7.05 Å². The van der Waals surface area contributed by atoms with Crippen LogP contribution in [-0.4, -0.2) is 33.8 Å². The van der Waals surface area contributed by atoms with E-state index in [1.807, 2.05) is 41.1 Å². The summed E-state index contributed by atoms with van der Waals surface area (Å²) >= 11 is 1.32. The summed E-state index contributed by atoms with van der Waals surface area (Å²) < 4.78 is 1.98. The first-order valence-corrected chi connectivity index (χ1v) is 7.72. The highest BCUT2D eigenvalue weighted by atomic mass is 32.2. The van der Waals surface area contributed by atoms with Gasteiger partial charge in [-0.15, -0.1) is 0 Å². The molecular formula is C15H18N4O2S. The number of hydrogen-bond donors (Lipinski definition) is 2. The van der Waals surface area contributed by atoms with Gasteiger partial charge in [-0.05, 0) is 12.5 Å². The molecule has 1 aromatic carbocycles. The zero-order chi connectivity index (χ0) is 15.9. The van der Waals surface area contributed by atoms with Crippen molar-refractivity contribution in [3.8, 4) is 0 Å². The topological polar surface area (TPSA) is 76.0 Å². The van der Waals surface area contributed by atoms with E-state index in [4.69, 9.17) is 0 Å². The maximum Gasteiger partial charge on any atom is 0.321 e. The highest BCUT2D eigenvalue weighted by Gasteiger charge is 2.18. The van der Waals surface area contributed by atoms with Crippen LogP contribution in [0.15, 0.2) is 47.9 Å². The number of carbonyl (C=O) groups is 2. The summed E-state index contributed by atoms with van der Waals surface area (Å²) in [4.78, 5) is 27.3. The van der Waals surface area contributed by atoms with Crippen molar-refractivity contribution in [3.63, 3.8) is 0 Å². The van der Waals surface area contributed by atoms with Crippen LogP contribution in [0.4, 0.5) is 4.79 Å². The molecule has 0 aliphatic heterocycles. The maximum atomic E-state index is 11.9. The van der Waals surface area contributed by atoms with E-state index in [1.165, 1.54) is 18.8 Å². The Labute approximate surface area is 133 Å². The van der Waals surface area contributed by atoms with Crippen LogP contribution in [0.5, 0.6) is 0 Å².